The van der Waals surface area contributed by atoms with Crippen LogP contribution in [0.1, 0.15) is 21.7 Å². The molecule has 0 spiro atoms. The van der Waals surface area contributed by atoms with Gasteiger partial charge in [0.2, 0.25) is 0 Å². The van der Waals surface area contributed by atoms with Crippen molar-refractivity contribution in [3.05, 3.63) is 98.5 Å². The lowest BCUT2D eigenvalue weighted by atomic mass is 10.1. The highest BCUT2D eigenvalue weighted by atomic mass is 79.9. The number of aromatic nitrogens is 2. The molecule has 0 atom stereocenters. The summed E-state index contributed by atoms with van der Waals surface area (Å²) in [5.41, 5.74) is 1.13. The van der Waals surface area contributed by atoms with Crippen LogP contribution in [-0.2, 0) is 0 Å². The van der Waals surface area contributed by atoms with Crippen LogP contribution in [0.2, 0.25) is 0 Å². The van der Waals surface area contributed by atoms with E-state index in [9.17, 15) is 19.8 Å². The van der Waals surface area contributed by atoms with Crippen LogP contribution in [0.15, 0.2) is 76.0 Å². The molecule has 0 saturated heterocycles. The number of fused-ring (bicyclic) bond motifs is 1. The summed E-state index contributed by atoms with van der Waals surface area (Å²) in [6.45, 7) is 0. The smallest absolute Gasteiger partial charge is 0.337 e. The number of carboxylic acids is 1. The number of hydrogen-bond donors (Lipinski definition) is 2. The topological polar surface area (TPSA) is 92.4 Å². The van der Waals surface area contributed by atoms with Gasteiger partial charge < -0.3 is 10.2 Å². The molecule has 7 heteroatoms. The van der Waals surface area contributed by atoms with Gasteiger partial charge in [0, 0.05) is 4.47 Å². The average molecular weight is 463 g/mol. The van der Waals surface area contributed by atoms with Crippen LogP contribution in [0.3, 0.4) is 0 Å². The number of para-hydroxylation sites is 1. The SMILES string of the molecule is O=C(O)c1cc(Br)ccc1-n1c(/C=C/c2ccc(O)cc2)nc2ccccc2c1=O. The molecule has 0 bridgehead atoms. The van der Waals surface area contributed by atoms with E-state index < -0.39 is 5.97 Å². The maximum Gasteiger partial charge on any atom is 0.337 e. The van der Waals surface area contributed by atoms with E-state index in [2.05, 4.69) is 20.9 Å². The van der Waals surface area contributed by atoms with Crippen LogP contribution >= 0.6 is 15.9 Å². The quantitative estimate of drug-likeness (QED) is 0.457. The summed E-state index contributed by atoms with van der Waals surface area (Å²) in [7, 11) is 0. The first kappa shape index (κ1) is 19.6. The molecule has 0 saturated carbocycles. The Morgan fingerprint density at radius 3 is 2.47 bits per heavy atom. The fraction of sp³-hybridized carbons (Fsp3) is 0. The molecule has 0 fully saturated rings. The molecule has 1 heterocycles. The molecular weight excluding hydrogens is 448 g/mol. The Kier molecular flexibility index (Phi) is 5.20. The molecule has 2 N–H and O–H groups in total. The fourth-order valence-electron chi connectivity index (χ4n) is 3.13. The van der Waals surface area contributed by atoms with Crippen LogP contribution in [0.5, 0.6) is 5.75 Å². The normalized spacial score (nSPS) is 11.2. The molecule has 30 heavy (non-hydrogen) atoms. The number of rotatable bonds is 4. The highest BCUT2D eigenvalue weighted by Gasteiger charge is 2.18. The second-order valence-electron chi connectivity index (χ2n) is 6.52. The summed E-state index contributed by atoms with van der Waals surface area (Å²) in [6.07, 6.45) is 3.39. The van der Waals surface area contributed by atoms with E-state index in [-0.39, 0.29) is 28.4 Å². The van der Waals surface area contributed by atoms with Gasteiger partial charge in [-0.05, 0) is 54.1 Å². The van der Waals surface area contributed by atoms with Crippen molar-refractivity contribution in [2.24, 2.45) is 0 Å². The van der Waals surface area contributed by atoms with E-state index >= 15 is 0 Å². The summed E-state index contributed by atoms with van der Waals surface area (Å²) in [6, 6.07) is 18.2. The minimum Gasteiger partial charge on any atom is -0.508 e. The second-order valence-corrected chi connectivity index (χ2v) is 7.43. The number of phenols is 1. The van der Waals surface area contributed by atoms with Gasteiger partial charge in [-0.3, -0.25) is 9.36 Å². The highest BCUT2D eigenvalue weighted by Crippen LogP contribution is 2.22. The number of halogens is 1. The lowest BCUT2D eigenvalue weighted by Crippen LogP contribution is -2.24. The molecule has 3 aromatic carbocycles. The number of carbonyl (C=O) groups is 1. The third kappa shape index (κ3) is 3.75. The number of benzene rings is 3. The molecule has 0 aliphatic heterocycles. The van der Waals surface area contributed by atoms with Crippen molar-refractivity contribution >= 4 is 45.0 Å². The summed E-state index contributed by atoms with van der Waals surface area (Å²) in [5.74, 6) is -0.717. The Morgan fingerprint density at radius 1 is 1.00 bits per heavy atom. The Balaban J connectivity index is 1.99. The number of aromatic hydroxyl groups is 1. The van der Waals surface area contributed by atoms with Crippen molar-refractivity contribution in [2.75, 3.05) is 0 Å². The molecule has 1 aromatic heterocycles. The van der Waals surface area contributed by atoms with Crippen LogP contribution in [0.25, 0.3) is 28.7 Å². The molecule has 6 nitrogen and oxygen atoms in total. The summed E-state index contributed by atoms with van der Waals surface area (Å²) in [4.78, 5) is 29.8. The standard InChI is InChI=1S/C23H15BrN2O4/c24-15-8-11-20(18(13-15)23(29)30)26-21(12-7-14-5-9-16(27)10-6-14)25-19-4-2-1-3-17(19)22(26)28/h1-13,27H,(H,29,30)/b12-7+. The van der Waals surface area contributed by atoms with Gasteiger partial charge in [-0.1, -0.05) is 46.3 Å². The van der Waals surface area contributed by atoms with E-state index in [0.29, 0.717) is 15.4 Å². The molecule has 0 aliphatic carbocycles. The van der Waals surface area contributed by atoms with E-state index in [1.54, 1.807) is 72.8 Å². The zero-order valence-corrected chi connectivity index (χ0v) is 17.1. The second kappa shape index (κ2) is 7.96. The molecule has 148 valence electrons. The van der Waals surface area contributed by atoms with E-state index in [1.165, 1.54) is 10.6 Å². The summed E-state index contributed by atoms with van der Waals surface area (Å²) in [5, 5.41) is 19.5. The van der Waals surface area contributed by atoms with E-state index in [0.717, 1.165) is 5.56 Å². The minimum absolute atomic E-state index is 0.0251. The third-order valence-electron chi connectivity index (χ3n) is 4.55. The van der Waals surface area contributed by atoms with Gasteiger partial charge in [-0.25, -0.2) is 9.78 Å². The third-order valence-corrected chi connectivity index (χ3v) is 5.04. The average Bonchev–Trinajstić information content (AvgIpc) is 2.74. The van der Waals surface area contributed by atoms with Crippen LogP contribution in [0.4, 0.5) is 0 Å². The van der Waals surface area contributed by atoms with Crippen molar-refractivity contribution < 1.29 is 15.0 Å². The summed E-state index contributed by atoms with van der Waals surface area (Å²) < 4.78 is 1.89. The molecule has 0 radical (unpaired) electrons. The van der Waals surface area contributed by atoms with Crippen LogP contribution in [0, 0.1) is 0 Å². The van der Waals surface area contributed by atoms with Crippen molar-refractivity contribution in [2.45, 2.75) is 0 Å². The molecule has 0 unspecified atom stereocenters. The molecule has 0 amide bonds. The van der Waals surface area contributed by atoms with Gasteiger partial charge in [0.15, 0.2) is 0 Å². The van der Waals surface area contributed by atoms with Gasteiger partial charge in [0.25, 0.3) is 5.56 Å². The zero-order chi connectivity index (χ0) is 21.3. The first-order valence-electron chi connectivity index (χ1n) is 8.96. The minimum atomic E-state index is -1.15. The zero-order valence-electron chi connectivity index (χ0n) is 15.5. The maximum absolute atomic E-state index is 13.3. The van der Waals surface area contributed by atoms with Gasteiger partial charge in [0.05, 0.1) is 22.2 Å². The highest BCUT2D eigenvalue weighted by molar-refractivity contribution is 9.10. The largest absolute Gasteiger partial charge is 0.508 e. The Labute approximate surface area is 179 Å². The van der Waals surface area contributed by atoms with Crippen molar-refractivity contribution in [3.8, 4) is 11.4 Å². The predicted molar refractivity (Wildman–Crippen MR) is 119 cm³/mol. The molecule has 0 aliphatic rings. The monoisotopic (exact) mass is 462 g/mol. The molecule has 4 aromatic rings. The lowest BCUT2D eigenvalue weighted by molar-refractivity contribution is 0.0697. The van der Waals surface area contributed by atoms with Gasteiger partial charge in [0.1, 0.15) is 11.6 Å². The number of hydrogen-bond acceptors (Lipinski definition) is 4. The molecule has 4 rings (SSSR count). The Morgan fingerprint density at radius 2 is 1.73 bits per heavy atom. The first-order valence-corrected chi connectivity index (χ1v) is 9.75. The van der Waals surface area contributed by atoms with Crippen molar-refractivity contribution in [1.82, 2.24) is 9.55 Å². The fourth-order valence-corrected chi connectivity index (χ4v) is 3.49. The summed E-state index contributed by atoms with van der Waals surface area (Å²) >= 11 is 3.28. The van der Waals surface area contributed by atoms with E-state index in [1.807, 2.05) is 0 Å². The number of carboxylic acid groups (broad SMARTS) is 1. The van der Waals surface area contributed by atoms with Crippen molar-refractivity contribution in [1.29, 1.82) is 0 Å². The van der Waals surface area contributed by atoms with Gasteiger partial charge in [-0.15, -0.1) is 0 Å². The maximum atomic E-state index is 13.3. The van der Waals surface area contributed by atoms with Crippen LogP contribution in [-0.4, -0.2) is 25.7 Å². The van der Waals surface area contributed by atoms with Gasteiger partial charge >= 0.3 is 5.97 Å². The van der Waals surface area contributed by atoms with Crippen LogP contribution < -0.4 is 5.56 Å². The predicted octanol–water partition coefficient (Wildman–Crippen LogP) is 4.72. The Bertz CT molecular complexity index is 1360. The van der Waals surface area contributed by atoms with Gasteiger partial charge in [-0.2, -0.15) is 0 Å². The number of aromatic carboxylic acids is 1. The number of phenolic OH excluding ortho intramolecular Hbond substituents is 1. The first-order chi connectivity index (χ1) is 14.4. The molecular formula is C23H15BrN2O4. The van der Waals surface area contributed by atoms with Crippen molar-refractivity contribution in [3.63, 3.8) is 0 Å². The Hall–Kier alpha value is -3.71. The lowest BCUT2D eigenvalue weighted by Gasteiger charge is -2.14. The number of nitrogens with zero attached hydrogens (tertiary/aromatic N) is 2. The van der Waals surface area contributed by atoms with E-state index in [4.69, 9.17) is 0 Å².